The highest BCUT2D eigenvalue weighted by atomic mass is 16.2. The molecule has 2 aromatic rings. The Kier molecular flexibility index (Phi) is 4.03. The molecular weight excluding hydrogens is 252 g/mol. The summed E-state index contributed by atoms with van der Waals surface area (Å²) in [5.74, 6) is -0.390. The number of amides is 1. The Labute approximate surface area is 118 Å². The number of aryl methyl sites for hydroxylation is 1. The average Bonchev–Trinajstić information content (AvgIpc) is 2.41. The van der Waals surface area contributed by atoms with Crippen molar-refractivity contribution >= 4 is 5.91 Å². The first-order valence-corrected chi connectivity index (χ1v) is 6.35. The van der Waals surface area contributed by atoms with E-state index < -0.39 is 5.91 Å². The molecule has 0 aliphatic heterocycles. The van der Waals surface area contributed by atoms with Gasteiger partial charge in [-0.2, -0.15) is 0 Å². The van der Waals surface area contributed by atoms with Crippen molar-refractivity contribution in [3.63, 3.8) is 0 Å². The summed E-state index contributed by atoms with van der Waals surface area (Å²) < 4.78 is 1.52. The van der Waals surface area contributed by atoms with E-state index in [4.69, 9.17) is 0 Å². The maximum absolute atomic E-state index is 12.3. The molecule has 1 aromatic heterocycles. The van der Waals surface area contributed by atoms with Crippen LogP contribution in [0.3, 0.4) is 0 Å². The smallest absolute Gasteiger partial charge is 0.263 e. The minimum atomic E-state index is -0.390. The summed E-state index contributed by atoms with van der Waals surface area (Å²) in [4.78, 5) is 24.0. The minimum Gasteiger partial charge on any atom is -0.355 e. The maximum Gasteiger partial charge on any atom is 0.263 e. The second-order valence-corrected chi connectivity index (χ2v) is 4.76. The third-order valence-corrected chi connectivity index (χ3v) is 3.05. The standard InChI is InChI=1S/C16H17N2O2/c1-11-5-4-6-13(7-11)10-18-9-12(2)8-14(16(18)20)15(19)17-3/h4-9H,2,10H2,1,3H3,(H,17,19). The van der Waals surface area contributed by atoms with E-state index in [9.17, 15) is 9.59 Å². The van der Waals surface area contributed by atoms with Crippen LogP contribution in [0.1, 0.15) is 27.0 Å². The summed E-state index contributed by atoms with van der Waals surface area (Å²) in [7, 11) is 1.50. The van der Waals surface area contributed by atoms with Crippen LogP contribution < -0.4 is 10.9 Å². The van der Waals surface area contributed by atoms with Gasteiger partial charge >= 0.3 is 0 Å². The number of aromatic nitrogens is 1. The lowest BCUT2D eigenvalue weighted by Crippen LogP contribution is -2.31. The Morgan fingerprint density at radius 1 is 1.35 bits per heavy atom. The predicted octanol–water partition coefficient (Wildman–Crippen LogP) is 1.75. The molecule has 0 spiro atoms. The summed E-state index contributed by atoms with van der Waals surface area (Å²) in [6.07, 6.45) is 1.66. The lowest BCUT2D eigenvalue weighted by molar-refractivity contribution is 0.0961. The molecule has 1 heterocycles. The molecule has 0 atom stereocenters. The fourth-order valence-electron chi connectivity index (χ4n) is 2.12. The van der Waals surface area contributed by atoms with E-state index >= 15 is 0 Å². The molecule has 1 aromatic carbocycles. The number of hydrogen-bond acceptors (Lipinski definition) is 2. The topological polar surface area (TPSA) is 51.1 Å². The number of nitrogens with one attached hydrogen (secondary N) is 1. The number of pyridine rings is 1. The Bertz CT molecular complexity index is 702. The quantitative estimate of drug-likeness (QED) is 0.923. The van der Waals surface area contributed by atoms with Gasteiger partial charge in [0, 0.05) is 13.2 Å². The molecule has 2 rings (SSSR count). The highest BCUT2D eigenvalue weighted by Gasteiger charge is 2.12. The first-order chi connectivity index (χ1) is 9.51. The van der Waals surface area contributed by atoms with Crippen molar-refractivity contribution in [2.45, 2.75) is 13.5 Å². The maximum atomic E-state index is 12.3. The van der Waals surface area contributed by atoms with Gasteiger partial charge in [0.25, 0.3) is 11.5 Å². The predicted molar refractivity (Wildman–Crippen MR) is 78.8 cm³/mol. The second kappa shape index (κ2) is 5.74. The molecule has 0 saturated heterocycles. The van der Waals surface area contributed by atoms with Crippen LogP contribution in [0.25, 0.3) is 0 Å². The molecule has 0 saturated carbocycles. The summed E-state index contributed by atoms with van der Waals surface area (Å²) in [5.41, 5.74) is 2.59. The molecule has 1 N–H and O–H groups in total. The number of nitrogens with zero attached hydrogens (tertiary/aromatic N) is 1. The molecule has 4 heteroatoms. The number of carbonyl (C=O) groups is 1. The fraction of sp³-hybridized carbons (Fsp3) is 0.188. The van der Waals surface area contributed by atoms with Gasteiger partial charge in [0.1, 0.15) is 5.56 Å². The van der Waals surface area contributed by atoms with Gasteiger partial charge in [0.15, 0.2) is 0 Å². The lowest BCUT2D eigenvalue weighted by Gasteiger charge is -2.10. The molecule has 0 bridgehead atoms. The summed E-state index contributed by atoms with van der Waals surface area (Å²) in [6.45, 7) is 6.24. The van der Waals surface area contributed by atoms with Crippen molar-refractivity contribution < 1.29 is 4.79 Å². The van der Waals surface area contributed by atoms with Crippen LogP contribution in [-0.4, -0.2) is 17.5 Å². The third-order valence-electron chi connectivity index (χ3n) is 3.05. The van der Waals surface area contributed by atoms with Crippen molar-refractivity contribution in [2.24, 2.45) is 0 Å². The van der Waals surface area contributed by atoms with Crippen LogP contribution in [0.15, 0.2) is 41.3 Å². The van der Waals surface area contributed by atoms with Crippen LogP contribution in [-0.2, 0) is 6.54 Å². The molecule has 1 radical (unpaired) electrons. The van der Waals surface area contributed by atoms with Crippen molar-refractivity contribution in [2.75, 3.05) is 7.05 Å². The lowest BCUT2D eigenvalue weighted by atomic mass is 10.1. The van der Waals surface area contributed by atoms with E-state index in [1.54, 1.807) is 6.20 Å². The van der Waals surface area contributed by atoms with Crippen LogP contribution >= 0.6 is 0 Å². The number of carbonyl (C=O) groups excluding carboxylic acids is 1. The number of rotatable bonds is 3. The molecule has 20 heavy (non-hydrogen) atoms. The second-order valence-electron chi connectivity index (χ2n) is 4.76. The fourth-order valence-corrected chi connectivity index (χ4v) is 2.12. The number of benzene rings is 1. The van der Waals surface area contributed by atoms with Gasteiger partial charge in [-0.1, -0.05) is 29.8 Å². The van der Waals surface area contributed by atoms with Crippen molar-refractivity contribution in [1.29, 1.82) is 0 Å². The van der Waals surface area contributed by atoms with Crippen LogP contribution in [0.4, 0.5) is 0 Å². The molecule has 4 nitrogen and oxygen atoms in total. The first kappa shape index (κ1) is 14.1. The Balaban J connectivity index is 2.45. The summed E-state index contributed by atoms with van der Waals surface area (Å²) >= 11 is 0. The molecular formula is C16H17N2O2. The third kappa shape index (κ3) is 2.96. The normalized spacial score (nSPS) is 10.3. The summed E-state index contributed by atoms with van der Waals surface area (Å²) in [5, 5.41) is 2.47. The zero-order valence-electron chi connectivity index (χ0n) is 11.6. The van der Waals surface area contributed by atoms with E-state index in [1.165, 1.54) is 17.7 Å². The van der Waals surface area contributed by atoms with Gasteiger partial charge < -0.3 is 9.88 Å². The zero-order chi connectivity index (χ0) is 14.7. The SMILES string of the molecule is [CH2]c1cc(C(=O)NC)c(=O)n(Cc2cccc(C)c2)c1. The van der Waals surface area contributed by atoms with E-state index in [0.29, 0.717) is 12.1 Å². The van der Waals surface area contributed by atoms with E-state index in [2.05, 4.69) is 12.2 Å². The molecule has 0 aliphatic rings. The zero-order valence-corrected chi connectivity index (χ0v) is 11.6. The monoisotopic (exact) mass is 269 g/mol. The molecule has 103 valence electrons. The van der Waals surface area contributed by atoms with Gasteiger partial charge in [-0.05, 0) is 31.0 Å². The van der Waals surface area contributed by atoms with Gasteiger partial charge in [0.2, 0.25) is 0 Å². The van der Waals surface area contributed by atoms with Gasteiger partial charge in [-0.15, -0.1) is 0 Å². The Morgan fingerprint density at radius 2 is 2.10 bits per heavy atom. The van der Waals surface area contributed by atoms with Crippen molar-refractivity contribution in [3.8, 4) is 0 Å². The van der Waals surface area contributed by atoms with Gasteiger partial charge in [-0.3, -0.25) is 9.59 Å². The Hall–Kier alpha value is -2.36. The molecule has 1 amide bonds. The van der Waals surface area contributed by atoms with Crippen molar-refractivity contribution in [1.82, 2.24) is 9.88 Å². The van der Waals surface area contributed by atoms with Gasteiger partial charge in [0.05, 0.1) is 6.54 Å². The minimum absolute atomic E-state index is 0.118. The van der Waals surface area contributed by atoms with E-state index in [-0.39, 0.29) is 11.1 Å². The van der Waals surface area contributed by atoms with Crippen LogP contribution in [0, 0.1) is 13.8 Å². The largest absolute Gasteiger partial charge is 0.355 e. The van der Waals surface area contributed by atoms with Crippen molar-refractivity contribution in [3.05, 3.63) is 76.1 Å². The highest BCUT2D eigenvalue weighted by Crippen LogP contribution is 2.07. The molecule has 0 unspecified atom stereocenters. The molecule has 0 aliphatic carbocycles. The molecule has 0 fully saturated rings. The Morgan fingerprint density at radius 3 is 2.75 bits per heavy atom. The van der Waals surface area contributed by atoms with E-state index in [1.807, 2.05) is 31.2 Å². The van der Waals surface area contributed by atoms with Crippen LogP contribution in [0.2, 0.25) is 0 Å². The highest BCUT2D eigenvalue weighted by molar-refractivity contribution is 5.93. The average molecular weight is 269 g/mol. The van der Waals surface area contributed by atoms with Gasteiger partial charge in [-0.25, -0.2) is 0 Å². The number of hydrogen-bond donors (Lipinski definition) is 1. The summed E-state index contributed by atoms with van der Waals surface area (Å²) in [6, 6.07) is 9.42. The van der Waals surface area contributed by atoms with E-state index in [0.717, 1.165) is 11.1 Å². The van der Waals surface area contributed by atoms with Crippen LogP contribution in [0.5, 0.6) is 0 Å². The first-order valence-electron chi connectivity index (χ1n) is 6.35.